The summed E-state index contributed by atoms with van der Waals surface area (Å²) in [4.78, 5) is 33.4. The van der Waals surface area contributed by atoms with E-state index >= 15 is 0 Å². The van der Waals surface area contributed by atoms with Crippen LogP contribution in [0.2, 0.25) is 25.7 Å². The van der Waals surface area contributed by atoms with Gasteiger partial charge in [-0.15, -0.1) is 0 Å². The third kappa shape index (κ3) is 8.18. The molecule has 1 N–H and O–H groups in total. The van der Waals surface area contributed by atoms with Gasteiger partial charge in [0.2, 0.25) is 0 Å². The zero-order valence-corrected chi connectivity index (χ0v) is 26.2. The molecule has 0 radical (unpaired) electrons. The highest BCUT2D eigenvalue weighted by atomic mass is 28.3. The van der Waals surface area contributed by atoms with Gasteiger partial charge in [0.15, 0.2) is 0 Å². The Bertz CT molecular complexity index is 1220. The Labute approximate surface area is 242 Å². The molecule has 12 heteroatoms. The summed E-state index contributed by atoms with van der Waals surface area (Å²) in [6.45, 7) is 13.3. The predicted molar refractivity (Wildman–Crippen MR) is 158 cm³/mol. The van der Waals surface area contributed by atoms with Crippen LogP contribution in [0.4, 0.5) is 19.3 Å². The predicted octanol–water partition coefficient (Wildman–Crippen LogP) is 5.92. The van der Waals surface area contributed by atoms with Crippen molar-refractivity contribution in [2.45, 2.75) is 96.9 Å². The van der Waals surface area contributed by atoms with E-state index in [4.69, 9.17) is 9.47 Å². The van der Waals surface area contributed by atoms with Crippen molar-refractivity contribution in [3.8, 4) is 0 Å². The van der Waals surface area contributed by atoms with Gasteiger partial charge in [0.1, 0.15) is 18.0 Å². The van der Waals surface area contributed by atoms with E-state index in [0.717, 1.165) is 53.3 Å². The summed E-state index contributed by atoms with van der Waals surface area (Å²) >= 11 is 0. The Morgan fingerprint density at radius 2 is 1.93 bits per heavy atom. The minimum Gasteiger partial charge on any atom is -0.444 e. The summed E-state index contributed by atoms with van der Waals surface area (Å²) in [5.41, 5.74) is 1.47. The Morgan fingerprint density at radius 1 is 1.22 bits per heavy atom. The second kappa shape index (κ2) is 12.6. The summed E-state index contributed by atoms with van der Waals surface area (Å²) in [6.07, 6.45) is 3.50. The lowest BCUT2D eigenvalue weighted by atomic mass is 9.84. The molecule has 1 aliphatic carbocycles. The van der Waals surface area contributed by atoms with Crippen LogP contribution in [0.25, 0.3) is 11.0 Å². The first kappa shape index (κ1) is 31.2. The third-order valence-electron chi connectivity index (χ3n) is 7.67. The van der Waals surface area contributed by atoms with Crippen LogP contribution in [0.1, 0.15) is 56.8 Å². The molecule has 0 spiro atoms. The van der Waals surface area contributed by atoms with Gasteiger partial charge in [-0.3, -0.25) is 4.79 Å². The topological polar surface area (TPSA) is 88.9 Å². The second-order valence-corrected chi connectivity index (χ2v) is 19.1. The average Bonchev–Trinajstić information content (AvgIpc) is 3.28. The van der Waals surface area contributed by atoms with Crippen molar-refractivity contribution in [1.82, 2.24) is 19.8 Å². The molecule has 228 valence electrons. The lowest BCUT2D eigenvalue weighted by molar-refractivity contribution is 0.00501. The standard InChI is InChI=1S/C29H45F2N5O4Si/c1-29(2,3)40-28(38)35(17-24(30)31)16-20-7-9-21(10-8-20)36-18-33-27(37)23-15-32-26-22(25(23)36)11-12-34(26)19-39-13-14-41(4,5)6/h11-12,15,20-21,24H,7-10,13-14,16-19H2,1-6H3,(H,33,37). The first-order valence-electron chi connectivity index (χ1n) is 14.6. The van der Waals surface area contributed by atoms with Gasteiger partial charge in [0, 0.05) is 45.0 Å². The van der Waals surface area contributed by atoms with E-state index in [1.165, 1.54) is 0 Å². The van der Waals surface area contributed by atoms with Crippen LogP contribution in [0.15, 0.2) is 18.5 Å². The van der Waals surface area contributed by atoms with Crippen LogP contribution in [0.5, 0.6) is 0 Å². The number of hydrogen-bond donors (Lipinski definition) is 1. The minimum absolute atomic E-state index is 0.100. The molecule has 0 unspecified atom stereocenters. The SMILES string of the molecule is CC(C)(C)OC(=O)N(CC(F)F)CC1CCC(N2CNC(=O)c3cnc4c(ccn4COCC[Si](C)(C)C)c32)CC1. The number of ether oxygens (including phenoxy) is 2. The number of anilines is 1. The van der Waals surface area contributed by atoms with Crippen molar-refractivity contribution in [3.05, 3.63) is 24.0 Å². The molecule has 2 aliphatic rings. The van der Waals surface area contributed by atoms with Gasteiger partial charge in [-0.05, 0) is 64.5 Å². The molecule has 2 aromatic heterocycles. The van der Waals surface area contributed by atoms with Gasteiger partial charge in [-0.1, -0.05) is 19.6 Å². The Balaban J connectivity index is 1.45. The van der Waals surface area contributed by atoms with Crippen LogP contribution < -0.4 is 10.2 Å². The van der Waals surface area contributed by atoms with E-state index < -0.39 is 32.7 Å². The van der Waals surface area contributed by atoms with E-state index in [1.807, 2.05) is 16.8 Å². The molecule has 4 rings (SSSR count). The summed E-state index contributed by atoms with van der Waals surface area (Å²) in [5, 5.41) is 3.90. The van der Waals surface area contributed by atoms with Crippen molar-refractivity contribution < 1.29 is 27.8 Å². The number of nitrogens with zero attached hydrogens (tertiary/aromatic N) is 4. The maximum atomic E-state index is 13.3. The van der Waals surface area contributed by atoms with Crippen molar-refractivity contribution in [2.75, 3.05) is 31.3 Å². The number of carbonyl (C=O) groups is 2. The molecule has 2 amide bonds. The van der Waals surface area contributed by atoms with E-state index in [0.29, 0.717) is 25.6 Å². The molecular weight excluding hydrogens is 548 g/mol. The Morgan fingerprint density at radius 3 is 2.56 bits per heavy atom. The molecule has 1 saturated carbocycles. The fourth-order valence-electron chi connectivity index (χ4n) is 5.56. The molecular formula is C29H45F2N5O4Si. The van der Waals surface area contributed by atoms with Crippen molar-refractivity contribution in [3.63, 3.8) is 0 Å². The largest absolute Gasteiger partial charge is 0.444 e. The van der Waals surface area contributed by atoms with Crippen molar-refractivity contribution in [2.24, 2.45) is 5.92 Å². The van der Waals surface area contributed by atoms with E-state index in [9.17, 15) is 18.4 Å². The highest BCUT2D eigenvalue weighted by Gasteiger charge is 2.35. The van der Waals surface area contributed by atoms with Crippen molar-refractivity contribution >= 4 is 36.8 Å². The maximum Gasteiger partial charge on any atom is 0.410 e. The highest BCUT2D eigenvalue weighted by molar-refractivity contribution is 6.76. The van der Waals surface area contributed by atoms with Gasteiger partial charge in [-0.25, -0.2) is 18.6 Å². The fraction of sp³-hybridized carbons (Fsp3) is 0.690. The lowest BCUT2D eigenvalue weighted by Crippen LogP contribution is -2.50. The molecule has 3 heterocycles. The number of carbonyl (C=O) groups excluding carboxylic acids is 2. The molecule has 9 nitrogen and oxygen atoms in total. The Kier molecular flexibility index (Phi) is 9.62. The molecule has 41 heavy (non-hydrogen) atoms. The van der Waals surface area contributed by atoms with Crippen LogP contribution >= 0.6 is 0 Å². The summed E-state index contributed by atoms with van der Waals surface area (Å²) in [5.74, 6) is -0.0401. The molecule has 0 aromatic carbocycles. The molecule has 1 aliphatic heterocycles. The third-order valence-corrected chi connectivity index (χ3v) is 9.38. The zero-order chi connectivity index (χ0) is 29.9. The Hall–Kier alpha value is -2.73. The number of alkyl halides is 2. The van der Waals surface area contributed by atoms with Crippen LogP contribution in [-0.4, -0.2) is 79.0 Å². The first-order chi connectivity index (χ1) is 19.2. The first-order valence-corrected chi connectivity index (χ1v) is 18.3. The number of halogens is 2. The summed E-state index contributed by atoms with van der Waals surface area (Å²) < 4.78 is 39.9. The van der Waals surface area contributed by atoms with E-state index in [1.54, 1.807) is 27.0 Å². The number of aromatic nitrogens is 2. The summed E-state index contributed by atoms with van der Waals surface area (Å²) in [7, 11) is -1.19. The number of amides is 2. The number of pyridine rings is 1. The smallest absolute Gasteiger partial charge is 0.410 e. The highest BCUT2D eigenvalue weighted by Crippen LogP contribution is 2.38. The average molecular weight is 594 g/mol. The van der Waals surface area contributed by atoms with Gasteiger partial charge >= 0.3 is 6.09 Å². The maximum absolute atomic E-state index is 13.3. The minimum atomic E-state index is -2.62. The number of nitrogens with one attached hydrogen (secondary N) is 1. The molecule has 1 fully saturated rings. The fourth-order valence-corrected chi connectivity index (χ4v) is 6.31. The van der Waals surface area contributed by atoms with E-state index in [-0.39, 0.29) is 24.4 Å². The normalized spacial score (nSPS) is 19.8. The van der Waals surface area contributed by atoms with Gasteiger partial charge in [-0.2, -0.15) is 0 Å². The molecule has 2 aromatic rings. The molecule has 0 saturated heterocycles. The van der Waals surface area contributed by atoms with Gasteiger partial charge < -0.3 is 29.2 Å². The number of rotatable bonds is 10. The van der Waals surface area contributed by atoms with Crippen molar-refractivity contribution in [1.29, 1.82) is 0 Å². The zero-order valence-electron chi connectivity index (χ0n) is 25.2. The van der Waals surface area contributed by atoms with Crippen LogP contribution in [0.3, 0.4) is 0 Å². The molecule has 0 atom stereocenters. The van der Waals surface area contributed by atoms with Gasteiger partial charge in [0.25, 0.3) is 12.3 Å². The van der Waals surface area contributed by atoms with Gasteiger partial charge in [0.05, 0.1) is 24.5 Å². The summed E-state index contributed by atoms with van der Waals surface area (Å²) in [6, 6.07) is 3.25. The quantitative estimate of drug-likeness (QED) is 0.272. The number of hydrogen-bond acceptors (Lipinski definition) is 6. The van der Waals surface area contributed by atoms with Crippen LogP contribution in [-0.2, 0) is 16.2 Å². The van der Waals surface area contributed by atoms with E-state index in [2.05, 4.69) is 34.8 Å². The number of fused-ring (bicyclic) bond motifs is 3. The lowest BCUT2D eigenvalue weighted by Gasteiger charge is -2.42. The monoisotopic (exact) mass is 593 g/mol. The van der Waals surface area contributed by atoms with Crippen LogP contribution in [0, 0.1) is 5.92 Å². The second-order valence-electron chi connectivity index (χ2n) is 13.5. The molecule has 0 bridgehead atoms.